The molecule has 0 spiro atoms. The summed E-state index contributed by atoms with van der Waals surface area (Å²) >= 11 is 0. The highest BCUT2D eigenvalue weighted by atomic mass is 16.5. The Bertz CT molecular complexity index is 1220. The number of primary amides is 1. The fourth-order valence-corrected chi connectivity index (χ4v) is 3.78. The second-order valence-corrected chi connectivity index (χ2v) is 8.08. The van der Waals surface area contributed by atoms with E-state index in [1.54, 1.807) is 47.0 Å². The molecule has 0 radical (unpaired) electrons. The molecule has 2 amide bonds. The van der Waals surface area contributed by atoms with Crippen LogP contribution in [0, 0.1) is 6.92 Å². The van der Waals surface area contributed by atoms with E-state index >= 15 is 0 Å². The molecule has 0 saturated carbocycles. The number of amides is 2. The van der Waals surface area contributed by atoms with E-state index in [0.29, 0.717) is 35.1 Å². The van der Waals surface area contributed by atoms with E-state index in [1.165, 1.54) is 6.92 Å². The lowest BCUT2D eigenvalue weighted by molar-refractivity contribution is -0.147. The Morgan fingerprint density at radius 1 is 1.19 bits per heavy atom. The van der Waals surface area contributed by atoms with Crippen LogP contribution < -0.4 is 10.5 Å². The number of esters is 1. The Kier molecular flexibility index (Phi) is 7.42. The second kappa shape index (κ2) is 10.8. The molecular formula is C22H25N7O7. The molecule has 1 aromatic carbocycles. The fraction of sp³-hybridized carbons (Fsp3) is 0.409. The fourth-order valence-electron chi connectivity index (χ4n) is 3.78. The van der Waals surface area contributed by atoms with Gasteiger partial charge in [0.05, 0.1) is 18.8 Å². The van der Waals surface area contributed by atoms with Gasteiger partial charge in [0, 0.05) is 38.6 Å². The SMILES string of the molecule is CC(=O)O[C@@H]1CN(C(=O)c2ccc(OCc3noc(C)n3)cc2)C[C@@H]1n1cc(CCOC(N)=O)nn1. The Balaban J connectivity index is 1.40. The Morgan fingerprint density at radius 3 is 2.64 bits per heavy atom. The van der Waals surface area contributed by atoms with Crippen LogP contribution in [0.25, 0.3) is 0 Å². The van der Waals surface area contributed by atoms with Crippen molar-refractivity contribution in [3.63, 3.8) is 0 Å². The molecule has 1 aliphatic heterocycles. The average molecular weight is 499 g/mol. The molecule has 1 aliphatic rings. The first-order valence-electron chi connectivity index (χ1n) is 11.1. The molecule has 4 rings (SSSR count). The number of hydrogen-bond donors (Lipinski definition) is 1. The molecule has 14 heteroatoms. The molecule has 0 unspecified atom stereocenters. The number of ether oxygens (including phenoxy) is 3. The van der Waals surface area contributed by atoms with Gasteiger partial charge in [-0.05, 0) is 24.3 Å². The molecule has 1 saturated heterocycles. The summed E-state index contributed by atoms with van der Waals surface area (Å²) in [5, 5.41) is 11.9. The van der Waals surface area contributed by atoms with Gasteiger partial charge < -0.3 is 29.4 Å². The highest BCUT2D eigenvalue weighted by molar-refractivity contribution is 5.94. The molecule has 2 aromatic heterocycles. The van der Waals surface area contributed by atoms with Gasteiger partial charge in [-0.1, -0.05) is 10.4 Å². The summed E-state index contributed by atoms with van der Waals surface area (Å²) in [4.78, 5) is 41.2. The van der Waals surface area contributed by atoms with Crippen molar-refractivity contribution in [2.75, 3.05) is 19.7 Å². The first-order valence-corrected chi connectivity index (χ1v) is 11.1. The molecule has 14 nitrogen and oxygen atoms in total. The number of nitrogens with two attached hydrogens (primary N) is 1. The van der Waals surface area contributed by atoms with Gasteiger partial charge in [-0.25, -0.2) is 9.48 Å². The van der Waals surface area contributed by atoms with Crippen LogP contribution in [0.1, 0.15) is 40.7 Å². The largest absolute Gasteiger partial charge is 0.485 e. The van der Waals surface area contributed by atoms with Crippen LogP contribution in [-0.2, 0) is 27.3 Å². The summed E-state index contributed by atoms with van der Waals surface area (Å²) < 4.78 is 22.3. The monoisotopic (exact) mass is 499 g/mol. The van der Waals surface area contributed by atoms with Gasteiger partial charge in [-0.3, -0.25) is 9.59 Å². The number of benzene rings is 1. The van der Waals surface area contributed by atoms with E-state index < -0.39 is 24.2 Å². The summed E-state index contributed by atoms with van der Waals surface area (Å²) in [6.45, 7) is 3.65. The minimum absolute atomic E-state index is 0.0606. The van der Waals surface area contributed by atoms with Gasteiger partial charge in [0.15, 0.2) is 6.61 Å². The average Bonchev–Trinajstić information content (AvgIpc) is 3.57. The molecule has 3 aromatic rings. The molecule has 2 N–H and O–H groups in total. The van der Waals surface area contributed by atoms with Crippen LogP contribution >= 0.6 is 0 Å². The smallest absolute Gasteiger partial charge is 0.404 e. The molecule has 2 atom stereocenters. The molecule has 3 heterocycles. The lowest BCUT2D eigenvalue weighted by atomic mass is 10.2. The van der Waals surface area contributed by atoms with E-state index in [0.717, 1.165) is 0 Å². The number of nitrogens with zero attached hydrogens (tertiary/aromatic N) is 6. The van der Waals surface area contributed by atoms with Crippen LogP contribution in [0.4, 0.5) is 4.79 Å². The maximum Gasteiger partial charge on any atom is 0.404 e. The lowest BCUT2D eigenvalue weighted by Crippen LogP contribution is -2.30. The van der Waals surface area contributed by atoms with Gasteiger partial charge in [-0.15, -0.1) is 5.10 Å². The Labute approximate surface area is 205 Å². The molecular weight excluding hydrogens is 474 g/mol. The number of likely N-dealkylation sites (tertiary alicyclic amines) is 1. The van der Waals surface area contributed by atoms with Gasteiger partial charge in [0.2, 0.25) is 11.7 Å². The topological polar surface area (TPSA) is 178 Å². The zero-order chi connectivity index (χ0) is 25.7. The first kappa shape index (κ1) is 24.6. The van der Waals surface area contributed by atoms with Crippen molar-refractivity contribution in [2.24, 2.45) is 5.73 Å². The van der Waals surface area contributed by atoms with E-state index in [9.17, 15) is 14.4 Å². The number of hydrogen-bond acceptors (Lipinski definition) is 11. The van der Waals surface area contributed by atoms with Crippen molar-refractivity contribution in [3.05, 3.63) is 53.4 Å². The van der Waals surface area contributed by atoms with Crippen LogP contribution in [0.3, 0.4) is 0 Å². The van der Waals surface area contributed by atoms with Gasteiger partial charge in [0.1, 0.15) is 17.9 Å². The molecule has 190 valence electrons. The van der Waals surface area contributed by atoms with Crippen molar-refractivity contribution in [3.8, 4) is 5.75 Å². The number of rotatable bonds is 9. The Morgan fingerprint density at radius 2 is 1.97 bits per heavy atom. The van der Waals surface area contributed by atoms with E-state index in [1.807, 2.05) is 0 Å². The van der Waals surface area contributed by atoms with Gasteiger partial charge >= 0.3 is 12.1 Å². The number of aromatic nitrogens is 5. The standard InChI is InChI=1S/C22H25N7O7/c1-13-24-20(26-36-13)12-34-17-5-3-15(4-6-17)21(31)28-10-18(19(11-28)35-14(2)30)29-9-16(25-27-29)7-8-33-22(23)32/h3-6,9,18-19H,7-8,10-12H2,1-2H3,(H2,23,32)/t18-,19+/m0/s1. The van der Waals surface area contributed by atoms with Crippen molar-refractivity contribution in [2.45, 2.75) is 39.0 Å². The van der Waals surface area contributed by atoms with Gasteiger partial charge in [-0.2, -0.15) is 4.98 Å². The van der Waals surface area contributed by atoms with Crippen LogP contribution in [0.2, 0.25) is 0 Å². The Hall–Kier alpha value is -4.49. The molecule has 0 bridgehead atoms. The third-order valence-corrected chi connectivity index (χ3v) is 5.38. The van der Waals surface area contributed by atoms with Crippen LogP contribution in [0.15, 0.2) is 35.0 Å². The summed E-state index contributed by atoms with van der Waals surface area (Å²) in [6, 6.07) is 6.22. The summed E-state index contributed by atoms with van der Waals surface area (Å²) in [5.41, 5.74) is 5.97. The molecule has 0 aliphatic carbocycles. The van der Waals surface area contributed by atoms with Crippen molar-refractivity contribution < 1.29 is 33.1 Å². The van der Waals surface area contributed by atoms with Crippen LogP contribution in [0.5, 0.6) is 5.75 Å². The maximum absolute atomic E-state index is 13.2. The summed E-state index contributed by atoms with van der Waals surface area (Å²) in [7, 11) is 0. The van der Waals surface area contributed by atoms with Crippen LogP contribution in [-0.4, -0.2) is 73.8 Å². The van der Waals surface area contributed by atoms with Crippen molar-refractivity contribution in [1.82, 2.24) is 30.0 Å². The maximum atomic E-state index is 13.2. The van der Waals surface area contributed by atoms with Crippen molar-refractivity contribution >= 4 is 18.0 Å². The minimum Gasteiger partial charge on any atom is -0.485 e. The van der Waals surface area contributed by atoms with Crippen molar-refractivity contribution in [1.29, 1.82) is 0 Å². The quantitative estimate of drug-likeness (QED) is 0.412. The third-order valence-electron chi connectivity index (χ3n) is 5.38. The summed E-state index contributed by atoms with van der Waals surface area (Å²) in [5.74, 6) is 0.716. The zero-order valence-corrected chi connectivity index (χ0v) is 19.7. The lowest BCUT2D eigenvalue weighted by Gasteiger charge is -2.17. The predicted octanol–water partition coefficient (Wildman–Crippen LogP) is 0.815. The number of carbonyl (C=O) groups excluding carboxylic acids is 3. The second-order valence-electron chi connectivity index (χ2n) is 8.08. The first-order chi connectivity index (χ1) is 17.3. The highest BCUT2D eigenvalue weighted by Crippen LogP contribution is 2.27. The number of aryl methyl sites for hydroxylation is 1. The zero-order valence-electron chi connectivity index (χ0n) is 19.7. The predicted molar refractivity (Wildman–Crippen MR) is 120 cm³/mol. The summed E-state index contributed by atoms with van der Waals surface area (Å²) in [6.07, 6.45) is 0.501. The van der Waals surface area contributed by atoms with Gasteiger partial charge in [0.25, 0.3) is 5.91 Å². The van der Waals surface area contributed by atoms with E-state index in [2.05, 4.69) is 20.5 Å². The molecule has 1 fully saturated rings. The molecule has 36 heavy (non-hydrogen) atoms. The minimum atomic E-state index is -0.871. The number of carbonyl (C=O) groups is 3. The van der Waals surface area contributed by atoms with E-state index in [4.69, 9.17) is 24.5 Å². The third kappa shape index (κ3) is 6.14. The highest BCUT2D eigenvalue weighted by Gasteiger charge is 2.39. The normalized spacial score (nSPS) is 17.1. The van der Waals surface area contributed by atoms with E-state index in [-0.39, 0.29) is 32.2 Å².